The molecule has 0 saturated heterocycles. The molecular formula is C23H26F2N8. The first-order valence-corrected chi connectivity index (χ1v) is 11.5. The fourth-order valence-electron chi connectivity index (χ4n) is 5.17. The van der Waals surface area contributed by atoms with Crippen LogP contribution in [-0.4, -0.2) is 47.1 Å². The van der Waals surface area contributed by atoms with E-state index in [1.54, 1.807) is 16.9 Å². The molecule has 4 aromatic heterocycles. The molecule has 2 saturated carbocycles. The van der Waals surface area contributed by atoms with Crippen LogP contribution in [0.2, 0.25) is 0 Å². The lowest BCUT2D eigenvalue weighted by atomic mass is 9.87. The summed E-state index contributed by atoms with van der Waals surface area (Å²) < 4.78 is 30.7. The average Bonchev–Trinajstić information content (AvgIpc) is 3.32. The van der Waals surface area contributed by atoms with Crippen molar-refractivity contribution in [2.24, 2.45) is 5.73 Å². The van der Waals surface area contributed by atoms with E-state index in [0.29, 0.717) is 29.5 Å². The van der Waals surface area contributed by atoms with Crippen molar-refractivity contribution < 1.29 is 8.78 Å². The fraction of sp³-hybridized carbons (Fsp3) is 0.478. The van der Waals surface area contributed by atoms with E-state index < -0.39 is 5.92 Å². The molecular weight excluding hydrogens is 426 g/mol. The Bertz CT molecular complexity index is 1330. The van der Waals surface area contributed by atoms with Gasteiger partial charge < -0.3 is 15.6 Å². The molecule has 33 heavy (non-hydrogen) atoms. The van der Waals surface area contributed by atoms with E-state index in [4.69, 9.17) is 5.73 Å². The summed E-state index contributed by atoms with van der Waals surface area (Å²) in [6.45, 7) is 1.84. The molecule has 4 heterocycles. The lowest BCUT2D eigenvalue weighted by Gasteiger charge is -2.36. The van der Waals surface area contributed by atoms with Gasteiger partial charge in [-0.3, -0.25) is 0 Å². The van der Waals surface area contributed by atoms with Crippen molar-refractivity contribution in [1.82, 2.24) is 29.1 Å². The largest absolute Gasteiger partial charge is 0.350 e. The summed E-state index contributed by atoms with van der Waals surface area (Å²) in [5.74, 6) is -1.29. The minimum Gasteiger partial charge on any atom is -0.350 e. The van der Waals surface area contributed by atoms with E-state index in [1.807, 2.05) is 29.8 Å². The van der Waals surface area contributed by atoms with Crippen molar-refractivity contribution in [3.63, 3.8) is 0 Å². The van der Waals surface area contributed by atoms with Crippen molar-refractivity contribution in [3.05, 3.63) is 36.5 Å². The number of hydrogen-bond donors (Lipinski definition) is 2. The maximum Gasteiger partial charge on any atom is 0.252 e. The molecule has 2 aliphatic rings. The van der Waals surface area contributed by atoms with E-state index >= 15 is 0 Å². The third kappa shape index (κ3) is 3.62. The van der Waals surface area contributed by atoms with Gasteiger partial charge in [0.05, 0.1) is 17.2 Å². The zero-order valence-electron chi connectivity index (χ0n) is 18.4. The van der Waals surface area contributed by atoms with Gasteiger partial charge >= 0.3 is 0 Å². The number of anilines is 1. The SMILES string of the molecule is Cc1nc2ncc(-c3ccn4nc(NC5CCC(N)CC5)ncc34)cc2n1C1CC(F)(F)C1. The first-order valence-electron chi connectivity index (χ1n) is 11.5. The van der Waals surface area contributed by atoms with E-state index in [-0.39, 0.29) is 18.9 Å². The molecule has 0 amide bonds. The third-order valence-corrected chi connectivity index (χ3v) is 6.99. The number of nitrogens with two attached hydrogens (primary N) is 1. The van der Waals surface area contributed by atoms with Gasteiger partial charge in [0.1, 0.15) is 5.82 Å². The van der Waals surface area contributed by atoms with Crippen LogP contribution in [0.1, 0.15) is 50.4 Å². The molecule has 0 aliphatic heterocycles. The number of pyridine rings is 1. The number of aromatic nitrogens is 6. The average molecular weight is 453 g/mol. The van der Waals surface area contributed by atoms with Crippen LogP contribution in [0.15, 0.2) is 30.7 Å². The molecule has 2 fully saturated rings. The molecule has 4 aromatic rings. The standard InChI is InChI=1S/C23H26F2N8/c1-13-29-21-19(33(13)17-9-23(24,25)10-17)8-14(11-27-21)18-6-7-32-20(18)12-28-22(31-32)30-16-4-2-15(26)3-5-16/h6-8,11-12,15-17H,2-5,9-10,26H2,1H3,(H,30,31). The van der Waals surface area contributed by atoms with Crippen LogP contribution in [0, 0.1) is 6.92 Å². The van der Waals surface area contributed by atoms with E-state index in [9.17, 15) is 8.78 Å². The minimum atomic E-state index is -2.59. The fourth-order valence-corrected chi connectivity index (χ4v) is 5.17. The first kappa shape index (κ1) is 20.5. The number of alkyl halides is 2. The molecule has 3 N–H and O–H groups in total. The maximum absolute atomic E-state index is 13.5. The van der Waals surface area contributed by atoms with Crippen LogP contribution in [0.3, 0.4) is 0 Å². The summed E-state index contributed by atoms with van der Waals surface area (Å²) in [5, 5.41) is 8.05. The number of nitrogens with one attached hydrogen (secondary N) is 1. The normalized spacial score (nSPS) is 23.2. The number of halogens is 2. The Hall–Kier alpha value is -3.14. The predicted molar refractivity (Wildman–Crippen MR) is 121 cm³/mol. The first-order chi connectivity index (χ1) is 15.9. The monoisotopic (exact) mass is 452 g/mol. The quantitative estimate of drug-likeness (QED) is 0.484. The second-order valence-electron chi connectivity index (χ2n) is 9.41. The van der Waals surface area contributed by atoms with Crippen molar-refractivity contribution >= 4 is 22.6 Å². The lowest BCUT2D eigenvalue weighted by molar-refractivity contribution is -0.103. The van der Waals surface area contributed by atoms with Gasteiger partial charge in [0.25, 0.3) is 5.92 Å². The second kappa shape index (κ2) is 7.44. The number of aryl methyl sites for hydroxylation is 1. The highest BCUT2D eigenvalue weighted by Gasteiger charge is 2.47. The van der Waals surface area contributed by atoms with Gasteiger partial charge in [-0.2, -0.15) is 0 Å². The van der Waals surface area contributed by atoms with Crippen LogP contribution in [0.25, 0.3) is 27.8 Å². The van der Waals surface area contributed by atoms with Gasteiger partial charge in [-0.25, -0.2) is 28.2 Å². The number of nitrogens with zero attached hydrogens (tertiary/aromatic N) is 6. The molecule has 0 atom stereocenters. The molecule has 0 bridgehead atoms. The van der Waals surface area contributed by atoms with Crippen LogP contribution in [0.5, 0.6) is 0 Å². The molecule has 2 aliphatic carbocycles. The number of rotatable bonds is 4. The van der Waals surface area contributed by atoms with E-state index in [1.165, 1.54) is 0 Å². The highest BCUT2D eigenvalue weighted by Crippen LogP contribution is 2.47. The highest BCUT2D eigenvalue weighted by molar-refractivity contribution is 5.85. The van der Waals surface area contributed by atoms with Crippen molar-refractivity contribution in [1.29, 1.82) is 0 Å². The summed E-state index contributed by atoms with van der Waals surface area (Å²) in [7, 11) is 0. The Kier molecular flexibility index (Phi) is 4.62. The van der Waals surface area contributed by atoms with Crippen LogP contribution >= 0.6 is 0 Å². The Morgan fingerprint density at radius 3 is 2.64 bits per heavy atom. The zero-order chi connectivity index (χ0) is 22.7. The van der Waals surface area contributed by atoms with Gasteiger partial charge in [0.15, 0.2) is 5.65 Å². The second-order valence-corrected chi connectivity index (χ2v) is 9.41. The number of fused-ring (bicyclic) bond motifs is 2. The van der Waals surface area contributed by atoms with Crippen LogP contribution < -0.4 is 11.1 Å². The van der Waals surface area contributed by atoms with Gasteiger partial charge in [-0.1, -0.05) is 0 Å². The van der Waals surface area contributed by atoms with E-state index in [2.05, 4.69) is 25.4 Å². The van der Waals surface area contributed by atoms with Crippen LogP contribution in [-0.2, 0) is 0 Å². The third-order valence-electron chi connectivity index (χ3n) is 6.99. The van der Waals surface area contributed by atoms with E-state index in [0.717, 1.165) is 47.8 Å². The Labute approximate surface area is 189 Å². The molecule has 172 valence electrons. The van der Waals surface area contributed by atoms with Crippen molar-refractivity contribution in [2.75, 3.05) is 5.32 Å². The topological polar surface area (TPSA) is 98.9 Å². The molecule has 0 aromatic carbocycles. The Balaban J connectivity index is 1.31. The Morgan fingerprint density at radius 1 is 1.09 bits per heavy atom. The van der Waals surface area contributed by atoms with Crippen molar-refractivity contribution in [3.8, 4) is 11.1 Å². The van der Waals surface area contributed by atoms with Gasteiger partial charge in [-0.05, 0) is 44.7 Å². The number of hydrogen-bond acceptors (Lipinski definition) is 6. The smallest absolute Gasteiger partial charge is 0.252 e. The summed E-state index contributed by atoms with van der Waals surface area (Å²) in [6.07, 6.45) is 9.21. The molecule has 6 rings (SSSR count). The molecule has 10 heteroatoms. The van der Waals surface area contributed by atoms with Gasteiger partial charge in [-0.15, -0.1) is 5.10 Å². The predicted octanol–water partition coefficient (Wildman–Crippen LogP) is 4.10. The number of imidazole rings is 1. The summed E-state index contributed by atoms with van der Waals surface area (Å²) in [4.78, 5) is 13.5. The van der Waals surface area contributed by atoms with Gasteiger partial charge in [0.2, 0.25) is 5.95 Å². The summed E-state index contributed by atoms with van der Waals surface area (Å²) >= 11 is 0. The van der Waals surface area contributed by atoms with Crippen LogP contribution in [0.4, 0.5) is 14.7 Å². The minimum absolute atomic E-state index is 0.158. The Morgan fingerprint density at radius 2 is 1.88 bits per heavy atom. The van der Waals surface area contributed by atoms with Crippen molar-refractivity contribution in [2.45, 2.75) is 69.5 Å². The zero-order valence-corrected chi connectivity index (χ0v) is 18.4. The summed E-state index contributed by atoms with van der Waals surface area (Å²) in [6, 6.07) is 4.34. The van der Waals surface area contributed by atoms with Gasteiger partial charge in [0, 0.05) is 54.5 Å². The molecule has 0 unspecified atom stereocenters. The summed E-state index contributed by atoms with van der Waals surface area (Å²) in [5.41, 5.74) is 10.0. The molecule has 8 nitrogen and oxygen atoms in total. The highest BCUT2D eigenvalue weighted by atomic mass is 19.3. The maximum atomic E-state index is 13.5. The molecule has 0 radical (unpaired) electrons. The molecule has 0 spiro atoms. The lowest BCUT2D eigenvalue weighted by Crippen LogP contribution is -2.37.